The molecule has 1 amide bonds. The van der Waals surface area contributed by atoms with E-state index in [-0.39, 0.29) is 17.8 Å². The second kappa shape index (κ2) is 5.83. The first-order chi connectivity index (χ1) is 10.5. The number of hydrogen-bond acceptors (Lipinski definition) is 3. The summed E-state index contributed by atoms with van der Waals surface area (Å²) in [5.74, 6) is 0.237. The van der Waals surface area contributed by atoms with Crippen LogP contribution >= 0.6 is 0 Å². The fourth-order valence-electron chi connectivity index (χ4n) is 2.97. The average Bonchev–Trinajstić information content (AvgIpc) is 2.47. The molecule has 0 unspecified atom stereocenters. The molecule has 5 heteroatoms. The highest BCUT2D eigenvalue weighted by molar-refractivity contribution is 5.95. The summed E-state index contributed by atoms with van der Waals surface area (Å²) in [5, 5.41) is 3.03. The van der Waals surface area contributed by atoms with E-state index in [2.05, 4.69) is 15.3 Å². The number of fused-ring (bicyclic) bond motifs is 1. The molecule has 1 aromatic carbocycles. The molecule has 0 radical (unpaired) electrons. The van der Waals surface area contributed by atoms with E-state index in [1.165, 1.54) is 6.07 Å². The van der Waals surface area contributed by atoms with Crippen LogP contribution in [0.2, 0.25) is 0 Å². The van der Waals surface area contributed by atoms with E-state index < -0.39 is 0 Å². The molecule has 1 N–H and O–H groups in total. The summed E-state index contributed by atoms with van der Waals surface area (Å²) in [6, 6.07) is 4.70. The Hall–Kier alpha value is -2.30. The van der Waals surface area contributed by atoms with Crippen molar-refractivity contribution in [3.05, 3.63) is 58.4 Å². The van der Waals surface area contributed by atoms with Crippen molar-refractivity contribution in [2.75, 3.05) is 0 Å². The summed E-state index contributed by atoms with van der Waals surface area (Å²) in [6.45, 7) is 3.59. The Morgan fingerprint density at radius 3 is 2.95 bits per heavy atom. The fourth-order valence-corrected chi connectivity index (χ4v) is 2.97. The summed E-state index contributed by atoms with van der Waals surface area (Å²) < 4.78 is 13.3. The number of aryl methyl sites for hydroxylation is 3. The van der Waals surface area contributed by atoms with Crippen molar-refractivity contribution in [1.29, 1.82) is 0 Å². The Morgan fingerprint density at radius 1 is 1.36 bits per heavy atom. The predicted molar refractivity (Wildman–Crippen MR) is 81.1 cm³/mol. The summed E-state index contributed by atoms with van der Waals surface area (Å²) >= 11 is 0. The van der Waals surface area contributed by atoms with Crippen LogP contribution < -0.4 is 5.32 Å². The van der Waals surface area contributed by atoms with Crippen molar-refractivity contribution in [3.8, 4) is 0 Å². The molecule has 4 nitrogen and oxygen atoms in total. The van der Waals surface area contributed by atoms with Gasteiger partial charge in [0.15, 0.2) is 0 Å². The van der Waals surface area contributed by atoms with Crippen molar-refractivity contribution in [2.45, 2.75) is 39.2 Å². The van der Waals surface area contributed by atoms with Gasteiger partial charge in [0, 0.05) is 6.20 Å². The van der Waals surface area contributed by atoms with E-state index in [0.29, 0.717) is 17.1 Å². The molecule has 1 aliphatic rings. The fraction of sp³-hybridized carbons (Fsp3) is 0.353. The zero-order chi connectivity index (χ0) is 15.7. The van der Waals surface area contributed by atoms with Crippen LogP contribution in [0.3, 0.4) is 0 Å². The van der Waals surface area contributed by atoms with Crippen molar-refractivity contribution >= 4 is 5.91 Å². The number of hydrogen-bond donors (Lipinski definition) is 1. The molecular weight excluding hydrogens is 281 g/mol. The second-order valence-corrected chi connectivity index (χ2v) is 5.68. The Labute approximate surface area is 128 Å². The van der Waals surface area contributed by atoms with Gasteiger partial charge in [-0.2, -0.15) is 0 Å². The largest absolute Gasteiger partial charge is 0.345 e. The normalized spacial score (nSPS) is 17.0. The van der Waals surface area contributed by atoms with Crippen molar-refractivity contribution in [1.82, 2.24) is 15.3 Å². The predicted octanol–water partition coefficient (Wildman–Crippen LogP) is 3.04. The molecule has 1 aromatic heterocycles. The monoisotopic (exact) mass is 299 g/mol. The Balaban J connectivity index is 1.84. The van der Waals surface area contributed by atoms with Crippen LogP contribution in [-0.4, -0.2) is 15.9 Å². The van der Waals surface area contributed by atoms with Crippen molar-refractivity contribution in [3.63, 3.8) is 0 Å². The highest BCUT2D eigenvalue weighted by Gasteiger charge is 2.23. The Morgan fingerprint density at radius 2 is 2.18 bits per heavy atom. The molecule has 0 saturated heterocycles. The van der Waals surface area contributed by atoms with Gasteiger partial charge in [-0.05, 0) is 56.4 Å². The van der Waals surface area contributed by atoms with Gasteiger partial charge < -0.3 is 5.32 Å². The molecule has 114 valence electrons. The summed E-state index contributed by atoms with van der Waals surface area (Å²) in [5.41, 5.74) is 3.14. The van der Waals surface area contributed by atoms with Gasteiger partial charge in [0.2, 0.25) is 0 Å². The number of nitrogens with one attached hydrogen (secondary N) is 1. The molecule has 1 heterocycles. The first kappa shape index (κ1) is 14.6. The van der Waals surface area contributed by atoms with Gasteiger partial charge in [-0.1, -0.05) is 6.07 Å². The van der Waals surface area contributed by atoms with Gasteiger partial charge in [0.25, 0.3) is 5.91 Å². The minimum Gasteiger partial charge on any atom is -0.345 e. The number of carbonyl (C=O) groups excluding carboxylic acids is 1. The van der Waals surface area contributed by atoms with Crippen LogP contribution in [0.4, 0.5) is 4.39 Å². The zero-order valence-electron chi connectivity index (χ0n) is 12.7. The number of rotatable bonds is 2. The lowest BCUT2D eigenvalue weighted by Crippen LogP contribution is -2.31. The first-order valence-electron chi connectivity index (χ1n) is 7.44. The van der Waals surface area contributed by atoms with E-state index in [0.717, 1.165) is 30.4 Å². The molecule has 3 rings (SSSR count). The molecular formula is C17H18FN3O. The molecule has 0 fully saturated rings. The average molecular weight is 299 g/mol. The first-order valence-corrected chi connectivity index (χ1v) is 7.44. The van der Waals surface area contributed by atoms with Gasteiger partial charge in [-0.25, -0.2) is 14.4 Å². The summed E-state index contributed by atoms with van der Waals surface area (Å²) in [6.07, 6.45) is 4.20. The number of nitrogens with zero attached hydrogens (tertiary/aromatic N) is 2. The zero-order valence-corrected chi connectivity index (χ0v) is 12.7. The summed E-state index contributed by atoms with van der Waals surface area (Å²) in [7, 11) is 0. The number of carbonyl (C=O) groups is 1. The SMILES string of the molecule is Cc1ncc(C(=O)N[C@H]2CCCc3cc(F)ccc32)c(C)n1. The van der Waals surface area contributed by atoms with E-state index in [1.807, 2.05) is 0 Å². The molecule has 0 bridgehead atoms. The van der Waals surface area contributed by atoms with Gasteiger partial charge in [-0.15, -0.1) is 0 Å². The van der Waals surface area contributed by atoms with E-state index in [1.54, 1.807) is 32.2 Å². The van der Waals surface area contributed by atoms with Crippen molar-refractivity contribution < 1.29 is 9.18 Å². The number of amides is 1. The number of benzene rings is 1. The molecule has 0 aliphatic heterocycles. The molecule has 0 spiro atoms. The second-order valence-electron chi connectivity index (χ2n) is 5.68. The lowest BCUT2D eigenvalue weighted by atomic mass is 9.87. The minimum atomic E-state index is -0.228. The maximum atomic E-state index is 13.3. The van der Waals surface area contributed by atoms with Crippen LogP contribution in [-0.2, 0) is 6.42 Å². The number of halogens is 1. The van der Waals surface area contributed by atoms with Gasteiger partial charge >= 0.3 is 0 Å². The van der Waals surface area contributed by atoms with E-state index in [9.17, 15) is 9.18 Å². The minimum absolute atomic E-state index is 0.0856. The molecule has 2 aromatic rings. The smallest absolute Gasteiger partial charge is 0.255 e. The topological polar surface area (TPSA) is 54.9 Å². The lowest BCUT2D eigenvalue weighted by Gasteiger charge is -2.26. The van der Waals surface area contributed by atoms with Crippen LogP contribution in [0.1, 0.15) is 51.9 Å². The highest BCUT2D eigenvalue weighted by Crippen LogP contribution is 2.30. The molecule has 1 atom stereocenters. The lowest BCUT2D eigenvalue weighted by molar-refractivity contribution is 0.0931. The molecule has 1 aliphatic carbocycles. The maximum Gasteiger partial charge on any atom is 0.255 e. The van der Waals surface area contributed by atoms with E-state index >= 15 is 0 Å². The summed E-state index contributed by atoms with van der Waals surface area (Å²) in [4.78, 5) is 20.8. The maximum absolute atomic E-state index is 13.3. The van der Waals surface area contributed by atoms with Gasteiger partial charge in [0.1, 0.15) is 11.6 Å². The van der Waals surface area contributed by atoms with Crippen LogP contribution in [0, 0.1) is 19.7 Å². The molecule has 0 saturated carbocycles. The molecule has 22 heavy (non-hydrogen) atoms. The van der Waals surface area contributed by atoms with Crippen LogP contribution in [0.15, 0.2) is 24.4 Å². The third-order valence-corrected chi connectivity index (χ3v) is 4.07. The Bertz CT molecular complexity index is 730. The highest BCUT2D eigenvalue weighted by atomic mass is 19.1. The van der Waals surface area contributed by atoms with Gasteiger partial charge in [-0.3, -0.25) is 4.79 Å². The van der Waals surface area contributed by atoms with Crippen LogP contribution in [0.5, 0.6) is 0 Å². The van der Waals surface area contributed by atoms with Crippen LogP contribution in [0.25, 0.3) is 0 Å². The van der Waals surface area contributed by atoms with E-state index in [4.69, 9.17) is 0 Å². The third kappa shape index (κ3) is 2.84. The third-order valence-electron chi connectivity index (χ3n) is 4.07. The standard InChI is InChI=1S/C17H18FN3O/c1-10-15(9-19-11(2)20-10)17(22)21-16-5-3-4-12-8-13(18)6-7-14(12)16/h6-9,16H,3-5H2,1-2H3,(H,21,22)/t16-/m0/s1. The van der Waals surface area contributed by atoms with Crippen molar-refractivity contribution in [2.24, 2.45) is 0 Å². The van der Waals surface area contributed by atoms with Gasteiger partial charge in [0.05, 0.1) is 17.3 Å². The quantitative estimate of drug-likeness (QED) is 0.927. The number of aromatic nitrogens is 2. The Kier molecular flexibility index (Phi) is 3.88.